The van der Waals surface area contributed by atoms with Crippen molar-refractivity contribution < 1.29 is 23.8 Å². The van der Waals surface area contributed by atoms with Crippen LogP contribution in [0.25, 0.3) is 10.9 Å². The number of carbonyl (C=O) groups is 2. The average Bonchev–Trinajstić information content (AvgIpc) is 3.41. The quantitative estimate of drug-likeness (QED) is 0.331. The van der Waals surface area contributed by atoms with Gasteiger partial charge in [0.15, 0.2) is 0 Å². The predicted molar refractivity (Wildman–Crippen MR) is 144 cm³/mol. The minimum Gasteiger partial charge on any atom is -0.487 e. The van der Waals surface area contributed by atoms with Crippen molar-refractivity contribution in [3.05, 3.63) is 58.2 Å². The average molecular weight is 573 g/mol. The molecule has 1 fully saturated rings. The van der Waals surface area contributed by atoms with Gasteiger partial charge in [0.1, 0.15) is 18.0 Å². The molecule has 3 aromatic rings. The number of likely N-dealkylation sites (tertiary alicyclic amines) is 1. The summed E-state index contributed by atoms with van der Waals surface area (Å²) in [4.78, 5) is 26.6. The van der Waals surface area contributed by atoms with E-state index in [1.54, 1.807) is 6.92 Å². The SMILES string of the molecule is CCOC(=O)Cc1ccccc1OCc1c2cc(Br)ccc2nn1[C@H]1CCN(CC(=O)OC(C)(C)C)C1. The van der Waals surface area contributed by atoms with Crippen LogP contribution in [0.2, 0.25) is 0 Å². The highest BCUT2D eigenvalue weighted by molar-refractivity contribution is 9.10. The van der Waals surface area contributed by atoms with Crippen LogP contribution in [0.1, 0.15) is 51.4 Å². The number of para-hydroxylation sites is 1. The van der Waals surface area contributed by atoms with E-state index in [2.05, 4.69) is 26.9 Å². The number of aromatic nitrogens is 2. The van der Waals surface area contributed by atoms with E-state index in [0.717, 1.165) is 39.6 Å². The number of fused-ring (bicyclic) bond motifs is 1. The zero-order valence-corrected chi connectivity index (χ0v) is 23.4. The highest BCUT2D eigenvalue weighted by atomic mass is 79.9. The van der Waals surface area contributed by atoms with Crippen LogP contribution in [0.4, 0.5) is 0 Å². The molecular formula is C28H34BrN3O5. The molecule has 9 heteroatoms. The molecular weight excluding hydrogens is 538 g/mol. The van der Waals surface area contributed by atoms with Crippen molar-refractivity contribution in [2.75, 3.05) is 26.2 Å². The fraction of sp³-hybridized carbons (Fsp3) is 0.464. The van der Waals surface area contributed by atoms with Gasteiger partial charge >= 0.3 is 11.9 Å². The third-order valence-electron chi connectivity index (χ3n) is 6.10. The van der Waals surface area contributed by atoms with E-state index in [4.69, 9.17) is 19.3 Å². The molecule has 1 aliphatic rings. The number of carbonyl (C=O) groups excluding carboxylic acids is 2. The standard InChI is InChI=1S/C28H34BrN3O5/c1-5-35-26(33)14-19-8-6-7-9-25(19)36-18-24-22-15-20(29)10-11-23(22)30-32(24)21-12-13-31(16-21)17-27(34)37-28(2,3)4/h6-11,15,21H,5,12-14,16-18H2,1-4H3/t21-/m0/s1. The van der Waals surface area contributed by atoms with Crippen molar-refractivity contribution in [2.45, 2.75) is 58.8 Å². The maximum atomic E-state index is 12.4. The van der Waals surface area contributed by atoms with Gasteiger partial charge in [-0.2, -0.15) is 5.10 Å². The first-order valence-electron chi connectivity index (χ1n) is 12.6. The highest BCUT2D eigenvalue weighted by Crippen LogP contribution is 2.31. The Balaban J connectivity index is 1.54. The van der Waals surface area contributed by atoms with Crippen LogP contribution in [0.3, 0.4) is 0 Å². The molecule has 1 saturated heterocycles. The molecule has 0 unspecified atom stereocenters. The van der Waals surface area contributed by atoms with Gasteiger partial charge in [0.2, 0.25) is 0 Å². The molecule has 2 heterocycles. The third-order valence-corrected chi connectivity index (χ3v) is 6.60. The summed E-state index contributed by atoms with van der Waals surface area (Å²) in [6, 6.07) is 13.6. The zero-order valence-electron chi connectivity index (χ0n) is 21.8. The van der Waals surface area contributed by atoms with E-state index in [-0.39, 0.29) is 37.6 Å². The molecule has 1 atom stereocenters. The smallest absolute Gasteiger partial charge is 0.320 e. The van der Waals surface area contributed by atoms with Crippen molar-refractivity contribution in [3.63, 3.8) is 0 Å². The summed E-state index contributed by atoms with van der Waals surface area (Å²) >= 11 is 3.58. The number of halogens is 1. The Morgan fingerprint density at radius 1 is 1.14 bits per heavy atom. The second-order valence-corrected chi connectivity index (χ2v) is 11.1. The Kier molecular flexibility index (Phi) is 8.54. The van der Waals surface area contributed by atoms with Crippen LogP contribution in [0.15, 0.2) is 46.9 Å². The van der Waals surface area contributed by atoms with Crippen LogP contribution in [-0.2, 0) is 32.1 Å². The van der Waals surface area contributed by atoms with Gasteiger partial charge in [-0.15, -0.1) is 0 Å². The minimum atomic E-state index is -0.503. The van der Waals surface area contributed by atoms with Gasteiger partial charge in [-0.05, 0) is 58.4 Å². The number of nitrogens with zero attached hydrogens (tertiary/aromatic N) is 3. The number of rotatable bonds is 9. The molecule has 0 N–H and O–H groups in total. The first-order valence-corrected chi connectivity index (χ1v) is 13.4. The van der Waals surface area contributed by atoms with E-state index < -0.39 is 5.60 Å². The molecule has 0 amide bonds. The van der Waals surface area contributed by atoms with Crippen molar-refractivity contribution >= 4 is 38.8 Å². The van der Waals surface area contributed by atoms with Crippen LogP contribution in [0.5, 0.6) is 5.75 Å². The van der Waals surface area contributed by atoms with Crippen molar-refractivity contribution in [1.29, 1.82) is 0 Å². The Morgan fingerprint density at radius 3 is 2.68 bits per heavy atom. The Hall–Kier alpha value is -2.91. The molecule has 0 radical (unpaired) electrons. The molecule has 1 aromatic heterocycles. The van der Waals surface area contributed by atoms with Gasteiger partial charge in [-0.25, -0.2) is 0 Å². The number of esters is 2. The molecule has 0 saturated carbocycles. The summed E-state index contributed by atoms with van der Waals surface area (Å²) < 4.78 is 19.9. The van der Waals surface area contributed by atoms with Gasteiger partial charge in [-0.1, -0.05) is 34.1 Å². The van der Waals surface area contributed by atoms with E-state index in [0.29, 0.717) is 18.9 Å². The lowest BCUT2D eigenvalue weighted by Crippen LogP contribution is -2.34. The monoisotopic (exact) mass is 571 g/mol. The molecule has 2 aromatic carbocycles. The van der Waals surface area contributed by atoms with Crippen molar-refractivity contribution in [3.8, 4) is 5.75 Å². The molecule has 37 heavy (non-hydrogen) atoms. The molecule has 0 bridgehead atoms. The summed E-state index contributed by atoms with van der Waals surface area (Å²) in [5, 5.41) is 5.92. The van der Waals surface area contributed by atoms with Gasteiger partial charge in [0.25, 0.3) is 0 Å². The second kappa shape index (κ2) is 11.6. The van der Waals surface area contributed by atoms with E-state index in [1.807, 2.05) is 61.9 Å². The topological polar surface area (TPSA) is 82.9 Å². The summed E-state index contributed by atoms with van der Waals surface area (Å²) in [5.74, 6) is 0.142. The third kappa shape index (κ3) is 7.11. The van der Waals surface area contributed by atoms with Gasteiger partial charge in [0, 0.05) is 28.5 Å². The molecule has 4 rings (SSSR count). The molecule has 8 nitrogen and oxygen atoms in total. The maximum Gasteiger partial charge on any atom is 0.320 e. The number of ether oxygens (including phenoxy) is 3. The number of benzene rings is 2. The Bertz CT molecular complexity index is 1270. The zero-order chi connectivity index (χ0) is 26.6. The van der Waals surface area contributed by atoms with E-state index in [9.17, 15) is 9.59 Å². The maximum absolute atomic E-state index is 12.4. The molecule has 0 aliphatic carbocycles. The predicted octanol–water partition coefficient (Wildman–Crippen LogP) is 5.07. The Morgan fingerprint density at radius 2 is 1.92 bits per heavy atom. The normalized spacial score (nSPS) is 16.2. The first kappa shape index (κ1) is 27.1. The summed E-state index contributed by atoms with van der Waals surface area (Å²) in [6.07, 6.45) is 1.02. The van der Waals surface area contributed by atoms with Crippen molar-refractivity contribution in [2.24, 2.45) is 0 Å². The van der Waals surface area contributed by atoms with Gasteiger partial charge < -0.3 is 14.2 Å². The molecule has 0 spiro atoms. The van der Waals surface area contributed by atoms with Gasteiger partial charge in [0.05, 0.1) is 36.8 Å². The first-order chi connectivity index (χ1) is 17.6. The highest BCUT2D eigenvalue weighted by Gasteiger charge is 2.30. The summed E-state index contributed by atoms with van der Waals surface area (Å²) in [5.41, 5.74) is 2.11. The van der Waals surface area contributed by atoms with Crippen molar-refractivity contribution in [1.82, 2.24) is 14.7 Å². The van der Waals surface area contributed by atoms with Crippen LogP contribution in [-0.4, -0.2) is 58.5 Å². The summed E-state index contributed by atoms with van der Waals surface area (Å²) in [6.45, 7) is 9.79. The lowest BCUT2D eigenvalue weighted by molar-refractivity contribution is -0.155. The Labute approximate surface area is 226 Å². The van der Waals surface area contributed by atoms with E-state index in [1.165, 1.54) is 0 Å². The lowest BCUT2D eigenvalue weighted by atomic mass is 10.1. The van der Waals surface area contributed by atoms with Crippen LogP contribution >= 0.6 is 15.9 Å². The summed E-state index contributed by atoms with van der Waals surface area (Å²) in [7, 11) is 0. The fourth-order valence-corrected chi connectivity index (χ4v) is 4.95. The second-order valence-electron chi connectivity index (χ2n) is 10.2. The molecule has 1 aliphatic heterocycles. The number of hydrogen-bond acceptors (Lipinski definition) is 7. The van der Waals surface area contributed by atoms with Crippen LogP contribution in [0, 0.1) is 0 Å². The largest absolute Gasteiger partial charge is 0.487 e. The van der Waals surface area contributed by atoms with E-state index >= 15 is 0 Å². The fourth-order valence-electron chi connectivity index (χ4n) is 4.59. The minimum absolute atomic E-state index is 0.0991. The van der Waals surface area contributed by atoms with Crippen LogP contribution < -0.4 is 4.74 Å². The van der Waals surface area contributed by atoms with Gasteiger partial charge in [-0.3, -0.25) is 19.2 Å². The number of hydrogen-bond donors (Lipinski definition) is 0. The lowest BCUT2D eigenvalue weighted by Gasteiger charge is -2.22. The molecule has 198 valence electrons.